The van der Waals surface area contributed by atoms with Crippen molar-refractivity contribution in [2.45, 2.75) is 100 Å². The number of hydrogen-bond donors (Lipinski definition) is 3. The quantitative estimate of drug-likeness (QED) is 0.0436. The zero-order valence-electron chi connectivity index (χ0n) is 51.6. The first-order valence-corrected chi connectivity index (χ1v) is 30.3. The average Bonchev–Trinajstić information content (AvgIpc) is 1.79. The van der Waals surface area contributed by atoms with Gasteiger partial charge in [-0.1, -0.05) is 121 Å². The van der Waals surface area contributed by atoms with E-state index >= 15 is 0 Å². The van der Waals surface area contributed by atoms with Crippen LogP contribution in [-0.4, -0.2) is 56.8 Å². The highest BCUT2D eigenvalue weighted by molar-refractivity contribution is 5.67. The predicted octanol–water partition coefficient (Wildman–Crippen LogP) is 16.5. The first-order chi connectivity index (χ1) is 44.5. The van der Waals surface area contributed by atoms with Crippen molar-refractivity contribution in [2.75, 3.05) is 40.8 Å². The van der Waals surface area contributed by atoms with Crippen LogP contribution in [0.4, 0.5) is 40.3 Å². The molecule has 92 heavy (non-hydrogen) atoms. The second kappa shape index (κ2) is 30.2. The zero-order chi connectivity index (χ0) is 65.5. The minimum atomic E-state index is -0.915. The Morgan fingerprint density at radius 2 is 0.750 bits per heavy atom. The second-order valence-electron chi connectivity index (χ2n) is 23.2. The molecule has 12 rings (SSSR count). The van der Waals surface area contributed by atoms with Crippen molar-refractivity contribution < 1.29 is 46.4 Å². The average molecular weight is 1240 g/mol. The lowest BCUT2D eigenvalue weighted by atomic mass is 9.82. The summed E-state index contributed by atoms with van der Waals surface area (Å²) in [5, 5.41) is 12.2. The maximum Gasteiger partial charge on any atom is 0.303 e. The van der Waals surface area contributed by atoms with Gasteiger partial charge in [0.1, 0.15) is 45.7 Å². The third-order valence-corrected chi connectivity index (χ3v) is 17.3. The Hall–Kier alpha value is -9.37. The molecule has 4 N–H and O–H groups in total. The molecule has 0 saturated carbocycles. The molecule has 13 nitrogen and oxygen atoms in total. The Morgan fingerprint density at radius 1 is 0.467 bits per heavy atom. The summed E-state index contributed by atoms with van der Waals surface area (Å²) in [7, 11) is 6.03. The molecule has 0 bridgehead atoms. The maximum absolute atomic E-state index is 13.4. The summed E-state index contributed by atoms with van der Waals surface area (Å²) in [6.07, 6.45) is 5.26. The number of aliphatic carboxylic acids is 1. The monoisotopic (exact) mass is 1240 g/mol. The van der Waals surface area contributed by atoms with E-state index in [0.717, 1.165) is 118 Å². The zero-order valence-corrected chi connectivity index (χ0v) is 51.6. The van der Waals surface area contributed by atoms with Crippen molar-refractivity contribution in [1.29, 1.82) is 0 Å². The number of ether oxygens (including phenoxy) is 4. The summed E-state index contributed by atoms with van der Waals surface area (Å²) in [6.45, 7) is 32.7. The first kappa shape index (κ1) is 67.0. The fourth-order valence-electron chi connectivity index (χ4n) is 12.8. The molecule has 0 radical (unpaired) electrons. The summed E-state index contributed by atoms with van der Waals surface area (Å²) in [5.41, 5.74) is 17.1. The fraction of sp³-hybridized carbons (Fsp3) is 0.293. The number of carbonyl (C=O) groups is 1. The lowest BCUT2D eigenvalue weighted by Gasteiger charge is -2.31. The van der Waals surface area contributed by atoms with Gasteiger partial charge in [-0.3, -0.25) is 4.79 Å². The molecule has 17 heteroatoms. The first-order valence-electron chi connectivity index (χ1n) is 30.3. The van der Waals surface area contributed by atoms with Crippen LogP contribution in [0.25, 0.3) is 19.4 Å². The van der Waals surface area contributed by atoms with Gasteiger partial charge in [0.25, 0.3) is 0 Å². The Balaban J connectivity index is 0.000000145. The van der Waals surface area contributed by atoms with Crippen molar-refractivity contribution in [1.82, 2.24) is 10.2 Å². The van der Waals surface area contributed by atoms with E-state index in [4.69, 9.17) is 56.1 Å². The van der Waals surface area contributed by atoms with E-state index in [2.05, 4.69) is 43.7 Å². The Kier molecular flexibility index (Phi) is 22.0. The Morgan fingerprint density at radius 3 is 1.01 bits per heavy atom. The summed E-state index contributed by atoms with van der Waals surface area (Å²) < 4.78 is 77.8. The minimum Gasteiger partial charge on any atom is -0.481 e. The van der Waals surface area contributed by atoms with E-state index in [1.54, 1.807) is 60.7 Å². The smallest absolute Gasteiger partial charge is 0.303 e. The third-order valence-electron chi connectivity index (χ3n) is 17.3. The standard InChI is InChI=1S/C20H21FN2O.C19H19FN2O.C18H17FN2O.C18H14FNO3/c1-22-18-9-10-19-15(13-18)14-24-20(19,11-4-12-23(2)3)16-5-7-17(21)8-6-16;1-21-11-3-10-19(15-4-6-16(20)7-5-15)18-9-8-17(22-2)12-14(18)13-23-19;1-21-16-7-8-17-13(11-16)12-22-18(17,9-2-10-20)14-3-5-15(19)6-4-14;1-20-15-6-7-16-12(10-15)11-23-18(16,9-8-17(21)22)13-2-4-14(19)5-3-13/h5-10,13H,4,11-12,14H2,2-3H3;4-9,12,21H,3,10-11,13H2,1H3;3-8,11H,2,9-10,12,20H2;2-7,10H,8-9,11H2,(H,21,22). The SMILES string of the molecule is [C-]#[N+]c1ccc2c(c1)COC2(CCC(=O)O)c1ccc(F)cc1.[C-]#[N+]c1ccc2c(c1)COC2(CCCN(C)C)c1ccc(F)cc1.[C-]#[N+]c1ccc2c(c1)COC2(CCCN)c1ccc(F)cc1.[C-]#[N+]c1ccc2c(c1)COC2(CCCNC)c1ccc(F)cc1. The number of nitrogens with one attached hydrogen (secondary N) is 1. The van der Waals surface area contributed by atoms with Crippen LogP contribution in [0.2, 0.25) is 0 Å². The normalized spacial score (nSPS) is 19.4. The molecule has 470 valence electrons. The molecule has 8 aromatic rings. The summed E-state index contributed by atoms with van der Waals surface area (Å²) in [6, 6.07) is 47.8. The van der Waals surface area contributed by atoms with E-state index in [9.17, 15) is 22.4 Å². The highest BCUT2D eigenvalue weighted by atomic mass is 19.1. The predicted molar refractivity (Wildman–Crippen MR) is 345 cm³/mol. The number of halogens is 4. The van der Waals surface area contributed by atoms with Crippen LogP contribution in [0, 0.1) is 49.6 Å². The van der Waals surface area contributed by atoms with E-state index in [-0.39, 0.29) is 36.1 Å². The van der Waals surface area contributed by atoms with Crippen molar-refractivity contribution in [3.05, 3.63) is 306 Å². The van der Waals surface area contributed by atoms with Crippen LogP contribution in [0.3, 0.4) is 0 Å². The molecular weight excluding hydrogens is 1170 g/mol. The number of nitrogens with two attached hydrogens (primary N) is 1. The third kappa shape index (κ3) is 14.7. The largest absolute Gasteiger partial charge is 0.481 e. The number of fused-ring (bicyclic) bond motifs is 4. The van der Waals surface area contributed by atoms with E-state index in [1.807, 2.05) is 67.7 Å². The van der Waals surface area contributed by atoms with Gasteiger partial charge in [-0.15, -0.1) is 0 Å². The summed E-state index contributed by atoms with van der Waals surface area (Å²) >= 11 is 0. The number of benzene rings is 8. The molecule has 4 unspecified atom stereocenters. The molecule has 0 amide bonds. The maximum atomic E-state index is 13.4. The van der Waals surface area contributed by atoms with Gasteiger partial charge >= 0.3 is 5.97 Å². The number of carboxylic acid groups (broad SMARTS) is 1. The lowest BCUT2D eigenvalue weighted by molar-refractivity contribution is -0.138. The van der Waals surface area contributed by atoms with Crippen LogP contribution in [0.5, 0.6) is 0 Å². The van der Waals surface area contributed by atoms with Crippen LogP contribution in [0.1, 0.15) is 118 Å². The molecule has 0 fully saturated rings. The van der Waals surface area contributed by atoms with Gasteiger partial charge in [-0.05, 0) is 201 Å². The van der Waals surface area contributed by atoms with Crippen molar-refractivity contribution in [3.63, 3.8) is 0 Å². The minimum absolute atomic E-state index is 0.0681. The van der Waals surface area contributed by atoms with Crippen molar-refractivity contribution in [3.8, 4) is 0 Å². The van der Waals surface area contributed by atoms with Gasteiger partial charge in [0.15, 0.2) is 22.7 Å². The molecule has 0 aliphatic carbocycles. The van der Waals surface area contributed by atoms with Crippen LogP contribution in [-0.2, 0) is 72.6 Å². The Labute approximate surface area is 535 Å². The molecule has 0 aromatic heterocycles. The lowest BCUT2D eigenvalue weighted by Crippen LogP contribution is -2.28. The van der Waals surface area contributed by atoms with Crippen molar-refractivity contribution in [2.24, 2.45) is 5.73 Å². The van der Waals surface area contributed by atoms with E-state index in [1.165, 1.54) is 48.5 Å². The summed E-state index contributed by atoms with van der Waals surface area (Å²) in [4.78, 5) is 27.1. The van der Waals surface area contributed by atoms with E-state index < -0.39 is 28.4 Å². The van der Waals surface area contributed by atoms with E-state index in [0.29, 0.717) is 55.7 Å². The molecule has 0 spiro atoms. The number of rotatable bonds is 18. The summed E-state index contributed by atoms with van der Waals surface area (Å²) in [5.74, 6) is -2.03. The number of nitrogens with zero attached hydrogens (tertiary/aromatic N) is 5. The molecule has 4 heterocycles. The second-order valence-corrected chi connectivity index (χ2v) is 23.2. The number of carboxylic acids is 1. The fourth-order valence-corrected chi connectivity index (χ4v) is 12.8. The molecule has 4 atom stereocenters. The van der Waals surface area contributed by atoms with Gasteiger partial charge in [-0.2, -0.15) is 0 Å². The van der Waals surface area contributed by atoms with Gasteiger partial charge in [0, 0.05) is 6.42 Å². The van der Waals surface area contributed by atoms with Gasteiger partial charge < -0.3 is 40.0 Å². The molecule has 0 saturated heterocycles. The Bertz CT molecular complexity index is 4070. The van der Waals surface area contributed by atoms with Crippen molar-refractivity contribution >= 4 is 28.7 Å². The molecular formula is C75H71F4N7O6. The highest BCUT2D eigenvalue weighted by Gasteiger charge is 2.45. The molecule has 4 aliphatic heterocycles. The van der Waals surface area contributed by atoms with Gasteiger partial charge in [0.2, 0.25) is 0 Å². The van der Waals surface area contributed by atoms with Gasteiger partial charge in [0.05, 0.1) is 52.7 Å². The molecule has 8 aromatic carbocycles. The molecule has 4 aliphatic rings. The van der Waals surface area contributed by atoms with Crippen LogP contribution >= 0.6 is 0 Å². The topological polar surface area (TPSA) is 133 Å². The van der Waals surface area contributed by atoms with Crippen LogP contribution < -0.4 is 11.1 Å². The highest BCUT2D eigenvalue weighted by Crippen LogP contribution is 2.50. The van der Waals surface area contributed by atoms with Crippen LogP contribution in [0.15, 0.2) is 170 Å². The number of hydrogen-bond acceptors (Lipinski definition) is 8. The van der Waals surface area contributed by atoms with Gasteiger partial charge in [-0.25, -0.2) is 36.9 Å².